The maximum Gasteiger partial charge on any atom is 0.328 e. The molecule has 0 saturated carbocycles. The van der Waals surface area contributed by atoms with E-state index in [0.29, 0.717) is 32.2 Å². The third-order valence-electron chi connectivity index (χ3n) is 8.09. The van der Waals surface area contributed by atoms with Crippen molar-refractivity contribution in [3.8, 4) is 0 Å². The van der Waals surface area contributed by atoms with Crippen molar-refractivity contribution < 1.29 is 28.7 Å². The van der Waals surface area contributed by atoms with Gasteiger partial charge in [0.2, 0.25) is 17.7 Å². The molecular weight excluding hydrogens is 600 g/mol. The lowest BCUT2D eigenvalue weighted by molar-refractivity contribution is -0.144. The molecular formula is C35H44N6O6. The number of ether oxygens (including phenoxy) is 1. The number of urea groups is 1. The summed E-state index contributed by atoms with van der Waals surface area (Å²) in [7, 11) is 1.24. The third kappa shape index (κ3) is 10.2. The lowest BCUT2D eigenvalue weighted by atomic mass is 10.0. The number of methoxy groups -OCH3 is 1. The van der Waals surface area contributed by atoms with Crippen LogP contribution in [0.2, 0.25) is 0 Å². The number of benzene rings is 2. The Balaban J connectivity index is 1.53. The summed E-state index contributed by atoms with van der Waals surface area (Å²) >= 11 is 0. The normalized spacial score (nSPS) is 19.2. The number of H-pyrrole nitrogens is 1. The van der Waals surface area contributed by atoms with Gasteiger partial charge in [-0.1, -0.05) is 68.5 Å². The number of rotatable bonds is 10. The number of nitrogens with one attached hydrogen (secondary N) is 6. The van der Waals surface area contributed by atoms with E-state index in [1.165, 1.54) is 13.2 Å². The number of carbonyl (C=O) groups excluding carboxylic acids is 5. The molecule has 0 bridgehead atoms. The molecule has 0 aliphatic carbocycles. The summed E-state index contributed by atoms with van der Waals surface area (Å²) in [6, 6.07) is 12.9. The Bertz CT molecular complexity index is 1570. The number of aromatic amines is 1. The quantitative estimate of drug-likeness (QED) is 0.185. The number of para-hydroxylation sites is 1. The number of esters is 1. The van der Waals surface area contributed by atoms with E-state index in [2.05, 4.69) is 31.6 Å². The largest absolute Gasteiger partial charge is 0.467 e. The van der Waals surface area contributed by atoms with Gasteiger partial charge in [-0.3, -0.25) is 14.4 Å². The maximum atomic E-state index is 13.8. The molecule has 250 valence electrons. The van der Waals surface area contributed by atoms with Gasteiger partial charge in [-0.25, -0.2) is 9.59 Å². The Morgan fingerprint density at radius 1 is 0.979 bits per heavy atom. The van der Waals surface area contributed by atoms with E-state index in [1.807, 2.05) is 60.8 Å². The van der Waals surface area contributed by atoms with Crippen LogP contribution in [0.25, 0.3) is 10.9 Å². The highest BCUT2D eigenvalue weighted by Gasteiger charge is 2.30. The fourth-order valence-electron chi connectivity index (χ4n) is 5.50. The predicted octanol–water partition coefficient (Wildman–Crippen LogP) is 2.64. The summed E-state index contributed by atoms with van der Waals surface area (Å²) in [5.41, 5.74) is 2.72. The van der Waals surface area contributed by atoms with E-state index in [9.17, 15) is 24.0 Å². The van der Waals surface area contributed by atoms with Crippen molar-refractivity contribution in [1.29, 1.82) is 0 Å². The monoisotopic (exact) mass is 644 g/mol. The number of hydrogen-bond donors (Lipinski definition) is 6. The molecule has 2 heterocycles. The van der Waals surface area contributed by atoms with Crippen molar-refractivity contribution in [3.63, 3.8) is 0 Å². The summed E-state index contributed by atoms with van der Waals surface area (Å²) in [4.78, 5) is 68.5. The summed E-state index contributed by atoms with van der Waals surface area (Å²) in [5, 5.41) is 15.1. The van der Waals surface area contributed by atoms with Crippen LogP contribution in [0.15, 0.2) is 72.9 Å². The Morgan fingerprint density at radius 2 is 1.72 bits per heavy atom. The minimum atomic E-state index is -1.06. The molecule has 6 N–H and O–H groups in total. The van der Waals surface area contributed by atoms with Gasteiger partial charge in [0, 0.05) is 36.1 Å². The van der Waals surface area contributed by atoms with Crippen LogP contribution in [-0.2, 0) is 36.8 Å². The van der Waals surface area contributed by atoms with Crippen LogP contribution in [0.5, 0.6) is 0 Å². The molecule has 47 heavy (non-hydrogen) atoms. The first-order valence-electron chi connectivity index (χ1n) is 15.9. The number of aromatic nitrogens is 1. The molecule has 2 aromatic carbocycles. The standard InChI is InChI=1S/C35H44N6O6/c1-22(2)31(34(45)47-3)41-35(46)40-29(19-23-11-5-4-6-12-23)33(44)39-28-15-9-10-18-36-30(42)17-16-25(38-32(28)43)20-24-21-37-27-14-8-7-13-26(24)27/h4-8,11-14,16-17,21-22,25,28-29,31,37H,9-10,15,18-20H2,1-3H3,(H,36,42)(H,38,43)(H,39,44)(H2,40,41,46)/b17-16+/t25-,28+,29?,31?/m1/s1. The van der Waals surface area contributed by atoms with Crippen molar-refractivity contribution in [3.05, 3.63) is 84.1 Å². The van der Waals surface area contributed by atoms with Crippen molar-refractivity contribution in [1.82, 2.24) is 31.6 Å². The smallest absolute Gasteiger partial charge is 0.328 e. The molecule has 0 spiro atoms. The fourth-order valence-corrected chi connectivity index (χ4v) is 5.50. The van der Waals surface area contributed by atoms with E-state index in [1.54, 1.807) is 19.9 Å². The summed E-state index contributed by atoms with van der Waals surface area (Å²) in [5.74, 6) is -2.05. The van der Waals surface area contributed by atoms with Crippen molar-refractivity contribution >= 4 is 40.6 Å². The van der Waals surface area contributed by atoms with Gasteiger partial charge in [0.15, 0.2) is 0 Å². The van der Waals surface area contributed by atoms with Gasteiger partial charge >= 0.3 is 12.0 Å². The molecule has 3 aromatic rings. The van der Waals surface area contributed by atoms with Crippen LogP contribution in [0.4, 0.5) is 4.79 Å². The Hall–Kier alpha value is -5.13. The highest BCUT2D eigenvalue weighted by atomic mass is 16.5. The molecule has 4 atom stereocenters. The Labute approximate surface area is 274 Å². The van der Waals surface area contributed by atoms with Gasteiger partial charge < -0.3 is 36.3 Å². The van der Waals surface area contributed by atoms with Gasteiger partial charge in [0.25, 0.3) is 0 Å². The zero-order valence-electron chi connectivity index (χ0n) is 27.0. The van der Waals surface area contributed by atoms with Crippen molar-refractivity contribution in [2.24, 2.45) is 5.92 Å². The second-order valence-corrected chi connectivity index (χ2v) is 12.0. The zero-order chi connectivity index (χ0) is 33.8. The fraction of sp³-hybridized carbons (Fsp3) is 0.400. The van der Waals surface area contributed by atoms with E-state index in [4.69, 9.17) is 4.74 Å². The molecule has 1 aliphatic heterocycles. The van der Waals surface area contributed by atoms with Gasteiger partial charge in [-0.05, 0) is 48.8 Å². The minimum Gasteiger partial charge on any atom is -0.467 e. The number of amides is 5. The highest BCUT2D eigenvalue weighted by molar-refractivity contribution is 5.93. The summed E-state index contributed by atoms with van der Waals surface area (Å²) in [6.45, 7) is 3.96. The number of carbonyl (C=O) groups is 5. The number of hydrogen-bond acceptors (Lipinski definition) is 6. The van der Waals surface area contributed by atoms with Crippen molar-refractivity contribution in [2.75, 3.05) is 13.7 Å². The first-order chi connectivity index (χ1) is 22.6. The Morgan fingerprint density at radius 3 is 2.47 bits per heavy atom. The van der Waals surface area contributed by atoms with E-state index >= 15 is 0 Å². The van der Waals surface area contributed by atoms with Gasteiger partial charge in [0.05, 0.1) is 13.2 Å². The second kappa shape index (κ2) is 17.0. The second-order valence-electron chi connectivity index (χ2n) is 12.0. The maximum absolute atomic E-state index is 13.8. The van der Waals surface area contributed by atoms with E-state index < -0.39 is 48.0 Å². The van der Waals surface area contributed by atoms with Crippen molar-refractivity contribution in [2.45, 2.75) is 70.1 Å². The van der Waals surface area contributed by atoms with Gasteiger partial charge in [-0.2, -0.15) is 0 Å². The molecule has 0 fully saturated rings. The SMILES string of the molecule is COC(=O)C(NC(=O)NC(Cc1ccccc1)C(=O)N[C@H]1CCCCNC(=O)/C=C/[C@H](Cc2c[nH]c3ccccc23)NC1=O)C(C)C. The molecule has 5 amide bonds. The average Bonchev–Trinajstić information content (AvgIpc) is 3.47. The van der Waals surface area contributed by atoms with Crippen LogP contribution >= 0.6 is 0 Å². The lowest BCUT2D eigenvalue weighted by Crippen LogP contribution is -2.58. The first kappa shape index (κ1) is 34.7. The van der Waals surface area contributed by atoms with Crippen LogP contribution < -0.4 is 26.6 Å². The van der Waals surface area contributed by atoms with Crippen LogP contribution in [-0.4, -0.2) is 72.5 Å². The number of fused-ring (bicyclic) bond motifs is 1. The van der Waals surface area contributed by atoms with Crippen LogP contribution in [0.1, 0.15) is 44.2 Å². The average molecular weight is 645 g/mol. The Kier molecular flexibility index (Phi) is 12.5. The molecule has 1 aliphatic rings. The summed E-state index contributed by atoms with van der Waals surface area (Å²) in [6.07, 6.45) is 7.01. The molecule has 2 unspecified atom stereocenters. The molecule has 1 aromatic heterocycles. The van der Waals surface area contributed by atoms with Crippen LogP contribution in [0, 0.1) is 5.92 Å². The van der Waals surface area contributed by atoms with E-state index in [-0.39, 0.29) is 18.2 Å². The highest BCUT2D eigenvalue weighted by Crippen LogP contribution is 2.20. The first-order valence-corrected chi connectivity index (χ1v) is 15.9. The molecule has 12 nitrogen and oxygen atoms in total. The topological polar surface area (TPSA) is 171 Å². The van der Waals surface area contributed by atoms with E-state index in [0.717, 1.165) is 22.0 Å². The predicted molar refractivity (Wildman–Crippen MR) is 178 cm³/mol. The summed E-state index contributed by atoms with van der Waals surface area (Å²) < 4.78 is 4.83. The minimum absolute atomic E-state index is 0.150. The molecule has 4 rings (SSSR count). The molecule has 12 heteroatoms. The molecule has 0 radical (unpaired) electrons. The van der Waals surface area contributed by atoms with Gasteiger partial charge in [0.1, 0.15) is 18.1 Å². The lowest BCUT2D eigenvalue weighted by Gasteiger charge is -2.26. The third-order valence-corrected chi connectivity index (χ3v) is 8.09. The molecule has 0 saturated heterocycles. The van der Waals surface area contributed by atoms with Crippen LogP contribution in [0.3, 0.4) is 0 Å². The van der Waals surface area contributed by atoms with Gasteiger partial charge in [-0.15, -0.1) is 0 Å². The zero-order valence-corrected chi connectivity index (χ0v) is 27.0.